The average Bonchev–Trinajstić information content (AvgIpc) is 2.76. The standard InChI is InChI=1S/C13H22N2O5/c1-7(2)10(14-13(19)20-4)11(16)15-8(3)5-6-9(15)12(17)18/h7-10H,5-6H2,1-4H3,(H,14,19)(H,17,18)/t8-,9-,10-/m1/s1. The molecule has 20 heavy (non-hydrogen) atoms. The third kappa shape index (κ3) is 3.40. The molecule has 0 radical (unpaired) electrons. The molecule has 1 fully saturated rings. The smallest absolute Gasteiger partial charge is 0.407 e. The van der Waals surface area contributed by atoms with Crippen molar-refractivity contribution in [1.82, 2.24) is 10.2 Å². The van der Waals surface area contributed by atoms with E-state index in [2.05, 4.69) is 10.1 Å². The summed E-state index contributed by atoms with van der Waals surface area (Å²) >= 11 is 0. The molecule has 1 saturated heterocycles. The Morgan fingerprint density at radius 3 is 2.35 bits per heavy atom. The predicted octanol–water partition coefficient (Wildman–Crippen LogP) is 0.831. The molecule has 0 unspecified atom stereocenters. The van der Waals surface area contributed by atoms with Crippen LogP contribution in [0.4, 0.5) is 4.79 Å². The summed E-state index contributed by atoms with van der Waals surface area (Å²) in [7, 11) is 1.22. The zero-order valence-electron chi connectivity index (χ0n) is 12.3. The van der Waals surface area contributed by atoms with E-state index in [4.69, 9.17) is 0 Å². The Kier molecular flexibility index (Phi) is 5.35. The van der Waals surface area contributed by atoms with Gasteiger partial charge in [-0.1, -0.05) is 13.8 Å². The second-order valence-corrected chi connectivity index (χ2v) is 5.38. The van der Waals surface area contributed by atoms with Crippen molar-refractivity contribution in [2.24, 2.45) is 5.92 Å². The van der Waals surface area contributed by atoms with Gasteiger partial charge in [-0.25, -0.2) is 9.59 Å². The van der Waals surface area contributed by atoms with Gasteiger partial charge in [-0.3, -0.25) is 4.79 Å². The molecule has 0 bridgehead atoms. The maximum absolute atomic E-state index is 12.6. The molecule has 7 nitrogen and oxygen atoms in total. The minimum Gasteiger partial charge on any atom is -0.480 e. The Morgan fingerprint density at radius 2 is 1.90 bits per heavy atom. The van der Waals surface area contributed by atoms with Crippen LogP contribution in [0.25, 0.3) is 0 Å². The molecule has 114 valence electrons. The van der Waals surface area contributed by atoms with Crippen LogP contribution in [0.2, 0.25) is 0 Å². The second kappa shape index (κ2) is 6.58. The van der Waals surface area contributed by atoms with Gasteiger partial charge in [0.15, 0.2) is 0 Å². The largest absolute Gasteiger partial charge is 0.480 e. The van der Waals surface area contributed by atoms with E-state index in [1.807, 2.05) is 6.92 Å². The van der Waals surface area contributed by atoms with Gasteiger partial charge in [-0.15, -0.1) is 0 Å². The van der Waals surface area contributed by atoms with Crippen molar-refractivity contribution in [3.8, 4) is 0 Å². The van der Waals surface area contributed by atoms with Crippen LogP contribution in [0.15, 0.2) is 0 Å². The zero-order valence-corrected chi connectivity index (χ0v) is 12.3. The first-order valence-corrected chi connectivity index (χ1v) is 6.69. The summed E-state index contributed by atoms with van der Waals surface area (Å²) in [6.07, 6.45) is 0.382. The highest BCUT2D eigenvalue weighted by molar-refractivity contribution is 5.90. The molecule has 0 aromatic carbocycles. The molecule has 1 heterocycles. The Labute approximate surface area is 118 Å². The molecule has 2 N–H and O–H groups in total. The molecule has 0 aliphatic carbocycles. The van der Waals surface area contributed by atoms with Crippen molar-refractivity contribution in [3.05, 3.63) is 0 Å². The minimum absolute atomic E-state index is 0.149. The molecule has 1 aliphatic heterocycles. The average molecular weight is 286 g/mol. The first-order chi connectivity index (χ1) is 9.29. The number of rotatable bonds is 4. The number of hydrogen-bond donors (Lipinski definition) is 2. The fourth-order valence-electron chi connectivity index (χ4n) is 2.46. The van der Waals surface area contributed by atoms with Crippen LogP contribution in [0.5, 0.6) is 0 Å². The van der Waals surface area contributed by atoms with E-state index in [-0.39, 0.29) is 17.9 Å². The van der Waals surface area contributed by atoms with Gasteiger partial charge >= 0.3 is 12.1 Å². The van der Waals surface area contributed by atoms with Gasteiger partial charge in [0, 0.05) is 6.04 Å². The van der Waals surface area contributed by atoms with E-state index in [0.717, 1.165) is 0 Å². The predicted molar refractivity (Wildman–Crippen MR) is 71.1 cm³/mol. The molecular formula is C13H22N2O5. The lowest BCUT2D eigenvalue weighted by molar-refractivity contribution is -0.150. The Balaban J connectivity index is 2.92. The summed E-state index contributed by atoms with van der Waals surface area (Å²) in [6.45, 7) is 5.39. The molecule has 0 aromatic heterocycles. The van der Waals surface area contributed by atoms with Crippen LogP contribution in [0.1, 0.15) is 33.6 Å². The number of alkyl carbamates (subject to hydrolysis) is 1. The van der Waals surface area contributed by atoms with E-state index in [9.17, 15) is 19.5 Å². The summed E-state index contributed by atoms with van der Waals surface area (Å²) in [5, 5.41) is 11.7. The topological polar surface area (TPSA) is 95.9 Å². The minimum atomic E-state index is -1.01. The number of carbonyl (C=O) groups is 3. The molecular weight excluding hydrogens is 264 g/mol. The molecule has 2 amide bonds. The van der Waals surface area contributed by atoms with E-state index < -0.39 is 24.1 Å². The van der Waals surface area contributed by atoms with Crippen molar-refractivity contribution < 1.29 is 24.2 Å². The van der Waals surface area contributed by atoms with Gasteiger partial charge in [0.05, 0.1) is 7.11 Å². The van der Waals surface area contributed by atoms with Crippen LogP contribution in [-0.4, -0.2) is 53.2 Å². The fraction of sp³-hybridized carbons (Fsp3) is 0.769. The summed E-state index contributed by atoms with van der Waals surface area (Å²) in [5.41, 5.74) is 0. The lowest BCUT2D eigenvalue weighted by atomic mass is 10.0. The first-order valence-electron chi connectivity index (χ1n) is 6.69. The molecule has 1 rings (SSSR count). The van der Waals surface area contributed by atoms with Crippen LogP contribution in [-0.2, 0) is 14.3 Å². The van der Waals surface area contributed by atoms with Crippen molar-refractivity contribution >= 4 is 18.0 Å². The Bertz CT molecular complexity index is 396. The van der Waals surface area contributed by atoms with Crippen LogP contribution >= 0.6 is 0 Å². The molecule has 0 aromatic rings. The third-order valence-corrected chi connectivity index (χ3v) is 3.60. The van der Waals surface area contributed by atoms with Crippen molar-refractivity contribution in [3.63, 3.8) is 0 Å². The van der Waals surface area contributed by atoms with Gasteiger partial charge < -0.3 is 20.1 Å². The highest BCUT2D eigenvalue weighted by atomic mass is 16.5. The third-order valence-electron chi connectivity index (χ3n) is 3.60. The van der Waals surface area contributed by atoms with Crippen molar-refractivity contribution in [2.45, 2.75) is 51.7 Å². The summed E-state index contributed by atoms with van der Waals surface area (Å²) in [6, 6.07) is -1.76. The summed E-state index contributed by atoms with van der Waals surface area (Å²) in [5.74, 6) is -1.55. The number of nitrogens with one attached hydrogen (secondary N) is 1. The maximum Gasteiger partial charge on any atom is 0.407 e. The van der Waals surface area contributed by atoms with Gasteiger partial charge in [0.2, 0.25) is 5.91 Å². The summed E-state index contributed by atoms with van der Waals surface area (Å²) in [4.78, 5) is 36.5. The van der Waals surface area contributed by atoms with Crippen LogP contribution in [0, 0.1) is 5.92 Å². The number of carboxylic acids is 1. The fourth-order valence-corrected chi connectivity index (χ4v) is 2.46. The number of likely N-dealkylation sites (tertiary alicyclic amines) is 1. The number of aliphatic carboxylic acids is 1. The van der Waals surface area contributed by atoms with E-state index in [1.54, 1.807) is 13.8 Å². The van der Waals surface area contributed by atoms with E-state index in [0.29, 0.717) is 12.8 Å². The van der Waals surface area contributed by atoms with Gasteiger partial charge in [0.1, 0.15) is 12.1 Å². The lowest BCUT2D eigenvalue weighted by Crippen LogP contribution is -2.55. The Hall–Kier alpha value is -1.79. The first kappa shape index (κ1) is 16.3. The second-order valence-electron chi connectivity index (χ2n) is 5.38. The highest BCUT2D eigenvalue weighted by Gasteiger charge is 2.42. The Morgan fingerprint density at radius 1 is 1.30 bits per heavy atom. The number of nitrogens with zero attached hydrogens (tertiary/aromatic N) is 1. The lowest BCUT2D eigenvalue weighted by Gasteiger charge is -2.31. The van der Waals surface area contributed by atoms with Crippen LogP contribution < -0.4 is 5.32 Å². The van der Waals surface area contributed by atoms with Crippen LogP contribution in [0.3, 0.4) is 0 Å². The van der Waals surface area contributed by atoms with E-state index in [1.165, 1.54) is 12.0 Å². The normalized spacial score (nSPS) is 23.6. The van der Waals surface area contributed by atoms with Gasteiger partial charge in [-0.2, -0.15) is 0 Å². The number of carboxylic acid groups (broad SMARTS) is 1. The van der Waals surface area contributed by atoms with Crippen molar-refractivity contribution in [1.29, 1.82) is 0 Å². The molecule has 0 saturated carbocycles. The number of amides is 2. The highest BCUT2D eigenvalue weighted by Crippen LogP contribution is 2.26. The summed E-state index contributed by atoms with van der Waals surface area (Å²) < 4.78 is 4.51. The quantitative estimate of drug-likeness (QED) is 0.798. The molecule has 0 spiro atoms. The zero-order chi connectivity index (χ0) is 15.4. The molecule has 3 atom stereocenters. The molecule has 7 heteroatoms. The SMILES string of the molecule is COC(=O)N[C@@H](C(=O)N1[C@H](C)CC[C@@H]1C(=O)O)C(C)C. The number of carbonyl (C=O) groups excluding carboxylic acids is 2. The number of ether oxygens (including phenoxy) is 1. The van der Waals surface area contributed by atoms with Crippen molar-refractivity contribution in [2.75, 3.05) is 7.11 Å². The number of methoxy groups -OCH3 is 1. The van der Waals surface area contributed by atoms with Gasteiger partial charge in [-0.05, 0) is 25.7 Å². The molecule has 1 aliphatic rings. The monoisotopic (exact) mass is 286 g/mol. The van der Waals surface area contributed by atoms with Gasteiger partial charge in [0.25, 0.3) is 0 Å². The van der Waals surface area contributed by atoms with E-state index >= 15 is 0 Å². The number of hydrogen-bond acceptors (Lipinski definition) is 4. The maximum atomic E-state index is 12.6.